The SMILES string of the molecule is CC(=O)c1ccc(F)c2c(C(=O)C(=O)N3CCN(C(=O)c4ccccc4)CC3)c[nH]c12.CN. The van der Waals surface area contributed by atoms with Crippen LogP contribution in [0, 0.1) is 5.82 Å². The maximum atomic E-state index is 14.4. The van der Waals surface area contributed by atoms with Crippen molar-refractivity contribution in [2.75, 3.05) is 33.2 Å². The summed E-state index contributed by atoms with van der Waals surface area (Å²) in [7, 11) is 1.50. The molecule has 0 spiro atoms. The van der Waals surface area contributed by atoms with Gasteiger partial charge in [-0.2, -0.15) is 0 Å². The number of hydrogen-bond acceptors (Lipinski definition) is 5. The average molecular weight is 452 g/mol. The molecule has 4 rings (SSSR count). The number of carbonyl (C=O) groups excluding carboxylic acids is 4. The Kier molecular flexibility index (Phi) is 7.34. The molecule has 1 aliphatic heterocycles. The van der Waals surface area contributed by atoms with Gasteiger partial charge in [-0.25, -0.2) is 4.39 Å². The summed E-state index contributed by atoms with van der Waals surface area (Å²) >= 11 is 0. The van der Waals surface area contributed by atoms with Crippen LogP contribution in [-0.4, -0.2) is 71.4 Å². The summed E-state index contributed by atoms with van der Waals surface area (Å²) in [4.78, 5) is 55.7. The van der Waals surface area contributed by atoms with Gasteiger partial charge in [-0.05, 0) is 38.2 Å². The van der Waals surface area contributed by atoms with Gasteiger partial charge in [-0.15, -0.1) is 0 Å². The predicted octanol–water partition coefficient (Wildman–Crippen LogP) is 2.25. The van der Waals surface area contributed by atoms with Crippen molar-refractivity contribution >= 4 is 34.3 Å². The molecule has 33 heavy (non-hydrogen) atoms. The number of aromatic amines is 1. The van der Waals surface area contributed by atoms with Gasteiger partial charge < -0.3 is 20.5 Å². The Bertz CT molecular complexity index is 1200. The Morgan fingerprint density at radius 2 is 1.48 bits per heavy atom. The lowest BCUT2D eigenvalue weighted by molar-refractivity contribution is -0.127. The summed E-state index contributed by atoms with van der Waals surface area (Å²) < 4.78 is 14.4. The smallest absolute Gasteiger partial charge is 0.295 e. The number of aromatic nitrogens is 1. The number of carbonyl (C=O) groups is 4. The molecule has 0 unspecified atom stereocenters. The lowest BCUT2D eigenvalue weighted by Crippen LogP contribution is -2.52. The number of H-pyrrole nitrogens is 1. The first kappa shape index (κ1) is 23.8. The normalized spacial score (nSPS) is 13.3. The van der Waals surface area contributed by atoms with E-state index >= 15 is 0 Å². The number of Topliss-reactive ketones (excluding diaryl/α,β-unsaturated/α-hetero) is 2. The van der Waals surface area contributed by atoms with E-state index in [2.05, 4.69) is 10.7 Å². The van der Waals surface area contributed by atoms with Crippen LogP contribution in [-0.2, 0) is 4.79 Å². The number of nitrogens with two attached hydrogens (primary N) is 1. The van der Waals surface area contributed by atoms with Crippen molar-refractivity contribution in [3.63, 3.8) is 0 Å². The van der Waals surface area contributed by atoms with E-state index in [0.29, 0.717) is 18.7 Å². The topological polar surface area (TPSA) is 117 Å². The third-order valence-corrected chi connectivity index (χ3v) is 5.48. The summed E-state index contributed by atoms with van der Waals surface area (Å²) in [5, 5.41) is -0.0658. The van der Waals surface area contributed by atoms with E-state index in [1.807, 2.05) is 6.07 Å². The van der Waals surface area contributed by atoms with Crippen molar-refractivity contribution in [2.45, 2.75) is 6.92 Å². The molecule has 1 fully saturated rings. The highest BCUT2D eigenvalue weighted by molar-refractivity contribution is 6.45. The molecular weight excluding hydrogens is 427 g/mol. The van der Waals surface area contributed by atoms with E-state index in [4.69, 9.17) is 0 Å². The average Bonchev–Trinajstić information content (AvgIpc) is 3.30. The summed E-state index contributed by atoms with van der Waals surface area (Å²) in [6.07, 6.45) is 1.26. The number of nitrogens with one attached hydrogen (secondary N) is 1. The van der Waals surface area contributed by atoms with E-state index in [1.165, 1.54) is 31.1 Å². The van der Waals surface area contributed by atoms with E-state index < -0.39 is 17.5 Å². The van der Waals surface area contributed by atoms with Gasteiger partial charge in [0.25, 0.3) is 17.6 Å². The van der Waals surface area contributed by atoms with E-state index in [1.54, 1.807) is 29.2 Å². The minimum Gasteiger partial charge on any atom is -0.360 e. The first-order chi connectivity index (χ1) is 15.9. The molecule has 3 N–H and O–H groups in total. The number of piperazine rings is 1. The Morgan fingerprint density at radius 1 is 0.879 bits per heavy atom. The van der Waals surface area contributed by atoms with E-state index in [0.717, 1.165) is 6.07 Å². The number of amides is 2. The highest BCUT2D eigenvalue weighted by Gasteiger charge is 2.31. The second-order valence-electron chi connectivity index (χ2n) is 7.38. The van der Waals surface area contributed by atoms with Crippen LogP contribution >= 0.6 is 0 Å². The number of fused-ring (bicyclic) bond motifs is 1. The van der Waals surface area contributed by atoms with Gasteiger partial charge in [0.1, 0.15) is 5.82 Å². The molecule has 0 saturated carbocycles. The number of ketones is 2. The third kappa shape index (κ3) is 4.68. The van der Waals surface area contributed by atoms with Crippen LogP contribution < -0.4 is 5.73 Å². The molecule has 0 atom stereocenters. The van der Waals surface area contributed by atoms with Crippen LogP contribution in [0.5, 0.6) is 0 Å². The van der Waals surface area contributed by atoms with Gasteiger partial charge in [0.15, 0.2) is 5.78 Å². The molecule has 0 bridgehead atoms. The van der Waals surface area contributed by atoms with Crippen molar-refractivity contribution in [3.8, 4) is 0 Å². The quantitative estimate of drug-likeness (QED) is 0.465. The van der Waals surface area contributed by atoms with E-state index in [9.17, 15) is 23.6 Å². The molecule has 1 saturated heterocycles. The fourth-order valence-corrected chi connectivity index (χ4v) is 3.81. The van der Waals surface area contributed by atoms with Crippen LogP contribution in [0.2, 0.25) is 0 Å². The highest BCUT2D eigenvalue weighted by atomic mass is 19.1. The Hall–Kier alpha value is -3.85. The van der Waals surface area contributed by atoms with Gasteiger partial charge in [-0.3, -0.25) is 19.2 Å². The fourth-order valence-electron chi connectivity index (χ4n) is 3.81. The minimum atomic E-state index is -0.853. The molecule has 2 heterocycles. The predicted molar refractivity (Wildman–Crippen MR) is 122 cm³/mol. The summed E-state index contributed by atoms with van der Waals surface area (Å²) in [6, 6.07) is 11.3. The molecular formula is C24H25FN4O4. The molecule has 172 valence electrons. The second-order valence-corrected chi connectivity index (χ2v) is 7.38. The monoisotopic (exact) mass is 452 g/mol. The number of hydrogen-bond donors (Lipinski definition) is 2. The molecule has 2 amide bonds. The van der Waals surface area contributed by atoms with Crippen LogP contribution in [0.1, 0.15) is 38.0 Å². The van der Waals surface area contributed by atoms with Gasteiger partial charge in [-0.1, -0.05) is 18.2 Å². The zero-order valence-electron chi connectivity index (χ0n) is 18.4. The lowest BCUT2D eigenvalue weighted by Gasteiger charge is -2.34. The fraction of sp³-hybridized carbons (Fsp3) is 0.250. The molecule has 9 heteroatoms. The van der Waals surface area contributed by atoms with Crippen molar-refractivity contribution in [2.24, 2.45) is 5.73 Å². The minimum absolute atomic E-state index is 0.0658. The summed E-state index contributed by atoms with van der Waals surface area (Å²) in [5.74, 6) is -2.71. The molecule has 0 radical (unpaired) electrons. The van der Waals surface area contributed by atoms with Crippen LogP contribution in [0.4, 0.5) is 4.39 Å². The van der Waals surface area contributed by atoms with Crippen LogP contribution in [0.3, 0.4) is 0 Å². The number of nitrogens with zero attached hydrogens (tertiary/aromatic N) is 2. The summed E-state index contributed by atoms with van der Waals surface area (Å²) in [6.45, 7) is 2.34. The first-order valence-electron chi connectivity index (χ1n) is 10.4. The van der Waals surface area contributed by atoms with Crippen molar-refractivity contribution in [1.29, 1.82) is 0 Å². The maximum absolute atomic E-state index is 14.4. The molecule has 1 aliphatic rings. The van der Waals surface area contributed by atoms with Crippen LogP contribution in [0.15, 0.2) is 48.7 Å². The first-order valence-corrected chi connectivity index (χ1v) is 10.4. The standard InChI is InChI=1S/C23H20FN3O4.CH5N/c1-14(28)16-7-8-18(24)19-17(13-25-20(16)19)21(29)23(31)27-11-9-26(10-12-27)22(30)15-5-3-2-4-6-15;1-2/h2-8,13,25H,9-12H2,1H3;2H2,1H3. The molecule has 8 nitrogen and oxygen atoms in total. The van der Waals surface area contributed by atoms with Crippen LogP contribution in [0.25, 0.3) is 10.9 Å². The molecule has 0 aliphatic carbocycles. The van der Waals surface area contributed by atoms with Crippen molar-refractivity contribution in [3.05, 3.63) is 71.2 Å². The van der Waals surface area contributed by atoms with E-state index in [-0.39, 0.29) is 46.8 Å². The molecule has 1 aromatic heterocycles. The summed E-state index contributed by atoms with van der Waals surface area (Å²) in [5.41, 5.74) is 5.40. The van der Waals surface area contributed by atoms with Gasteiger partial charge in [0, 0.05) is 48.9 Å². The largest absolute Gasteiger partial charge is 0.360 e. The molecule has 3 aromatic rings. The Balaban J connectivity index is 0.00000149. The van der Waals surface area contributed by atoms with Crippen molar-refractivity contribution in [1.82, 2.24) is 14.8 Å². The number of benzene rings is 2. The zero-order valence-corrected chi connectivity index (χ0v) is 18.4. The van der Waals surface area contributed by atoms with Crippen molar-refractivity contribution < 1.29 is 23.6 Å². The zero-order chi connectivity index (χ0) is 24.1. The lowest BCUT2D eigenvalue weighted by atomic mass is 10.0. The van der Waals surface area contributed by atoms with Gasteiger partial charge in [0.05, 0.1) is 11.1 Å². The Labute approximate surface area is 190 Å². The number of halogens is 1. The molecule has 2 aromatic carbocycles. The second kappa shape index (κ2) is 10.2. The Morgan fingerprint density at radius 3 is 2.09 bits per heavy atom. The highest BCUT2D eigenvalue weighted by Crippen LogP contribution is 2.26. The maximum Gasteiger partial charge on any atom is 0.295 e. The third-order valence-electron chi connectivity index (χ3n) is 5.48. The number of rotatable bonds is 4. The van der Waals surface area contributed by atoms with Gasteiger partial charge in [0.2, 0.25) is 0 Å². The van der Waals surface area contributed by atoms with Gasteiger partial charge >= 0.3 is 0 Å².